The first kappa shape index (κ1) is 13.8. The lowest BCUT2D eigenvalue weighted by Crippen LogP contribution is -2.41. The lowest BCUT2D eigenvalue weighted by Gasteiger charge is -2.31. The van der Waals surface area contributed by atoms with E-state index in [0.717, 1.165) is 19.5 Å². The molecule has 1 aliphatic rings. The second-order valence-corrected chi connectivity index (χ2v) is 4.90. The number of nitrogens with zero attached hydrogens (tertiary/aromatic N) is 1. The zero-order valence-electron chi connectivity index (χ0n) is 11.5. The number of rotatable bonds is 5. The Morgan fingerprint density at radius 3 is 2.79 bits per heavy atom. The number of ether oxygens (including phenoxy) is 1. The monoisotopic (exact) mass is 259 g/mol. The molecule has 102 valence electrons. The highest BCUT2D eigenvalue weighted by Crippen LogP contribution is 2.22. The molecule has 0 aliphatic carbocycles. The molecule has 19 heavy (non-hydrogen) atoms. The van der Waals surface area contributed by atoms with Crippen molar-refractivity contribution in [1.29, 1.82) is 0 Å². The summed E-state index contributed by atoms with van der Waals surface area (Å²) in [5.74, 6) is 0.736. The van der Waals surface area contributed by atoms with Gasteiger partial charge in [0.25, 0.3) is 0 Å². The third-order valence-electron chi connectivity index (χ3n) is 3.47. The van der Waals surface area contributed by atoms with Crippen molar-refractivity contribution in [2.75, 3.05) is 19.7 Å². The van der Waals surface area contributed by atoms with E-state index in [2.05, 4.69) is 23.6 Å². The van der Waals surface area contributed by atoms with Gasteiger partial charge in [-0.2, -0.15) is 0 Å². The number of likely N-dealkylation sites (tertiary alicyclic amines) is 1. The zero-order chi connectivity index (χ0) is 13.7. The normalized spacial score (nSPS) is 20.3. The molecule has 1 aromatic carbocycles. The molecule has 0 saturated carbocycles. The number of ketones is 1. The number of Topliss-reactive ketones (excluding diaryl/α,β-unsaturated/α-hetero) is 1. The Bertz CT molecular complexity index is 441. The van der Waals surface area contributed by atoms with Crippen molar-refractivity contribution in [1.82, 2.24) is 4.90 Å². The fourth-order valence-electron chi connectivity index (χ4n) is 2.49. The van der Waals surface area contributed by atoms with E-state index < -0.39 is 0 Å². The van der Waals surface area contributed by atoms with Gasteiger partial charge in [0, 0.05) is 13.1 Å². The highest BCUT2D eigenvalue weighted by molar-refractivity contribution is 5.85. The van der Waals surface area contributed by atoms with Crippen LogP contribution in [0.3, 0.4) is 0 Å². The molecule has 3 nitrogen and oxygen atoms in total. The molecule has 1 unspecified atom stereocenters. The van der Waals surface area contributed by atoms with Gasteiger partial charge in [-0.25, -0.2) is 0 Å². The number of hydrogen-bond acceptors (Lipinski definition) is 3. The standard InChI is InChI=1S/C16H21NO2/c1-3-19-13(2)15-9-10-17(12-16(15)18)11-14-7-5-4-6-8-14/h4-8,15H,2-3,9-12H2,1H3. The third kappa shape index (κ3) is 3.67. The molecule has 1 aliphatic heterocycles. The van der Waals surface area contributed by atoms with Crippen LogP contribution in [0.5, 0.6) is 0 Å². The Morgan fingerprint density at radius 1 is 1.42 bits per heavy atom. The molecular weight excluding hydrogens is 238 g/mol. The minimum absolute atomic E-state index is 0.119. The minimum Gasteiger partial charge on any atom is -0.498 e. The first-order valence-corrected chi connectivity index (χ1v) is 6.81. The van der Waals surface area contributed by atoms with Crippen LogP contribution in [-0.4, -0.2) is 30.4 Å². The number of allylic oxidation sites excluding steroid dienone is 1. The Morgan fingerprint density at radius 2 is 2.16 bits per heavy atom. The summed E-state index contributed by atoms with van der Waals surface area (Å²) in [5, 5.41) is 0. The van der Waals surface area contributed by atoms with Crippen molar-refractivity contribution in [3.05, 3.63) is 48.2 Å². The van der Waals surface area contributed by atoms with E-state index in [1.54, 1.807) is 0 Å². The van der Waals surface area contributed by atoms with Crippen molar-refractivity contribution < 1.29 is 9.53 Å². The molecule has 0 N–H and O–H groups in total. The molecule has 1 atom stereocenters. The van der Waals surface area contributed by atoms with Gasteiger partial charge in [-0.05, 0) is 18.9 Å². The Labute approximate surface area is 114 Å². The summed E-state index contributed by atoms with van der Waals surface area (Å²) >= 11 is 0. The minimum atomic E-state index is -0.119. The summed E-state index contributed by atoms with van der Waals surface area (Å²) in [7, 11) is 0. The number of carbonyl (C=O) groups is 1. The van der Waals surface area contributed by atoms with Gasteiger partial charge in [0.2, 0.25) is 0 Å². The molecule has 0 aromatic heterocycles. The Hall–Kier alpha value is -1.61. The molecular formula is C16H21NO2. The first-order valence-electron chi connectivity index (χ1n) is 6.81. The highest BCUT2D eigenvalue weighted by Gasteiger charge is 2.29. The molecule has 0 amide bonds. The number of benzene rings is 1. The summed E-state index contributed by atoms with van der Waals surface area (Å²) in [6, 6.07) is 10.3. The summed E-state index contributed by atoms with van der Waals surface area (Å²) in [5.41, 5.74) is 1.25. The molecule has 0 radical (unpaired) electrons. The van der Waals surface area contributed by atoms with Crippen LogP contribution in [0, 0.1) is 5.92 Å². The number of carbonyl (C=O) groups excluding carboxylic acids is 1. The van der Waals surface area contributed by atoms with Crippen LogP contribution in [0.4, 0.5) is 0 Å². The summed E-state index contributed by atoms with van der Waals surface area (Å²) in [4.78, 5) is 14.3. The summed E-state index contributed by atoms with van der Waals surface area (Å²) < 4.78 is 5.37. The number of hydrogen-bond donors (Lipinski definition) is 0. The van der Waals surface area contributed by atoms with Crippen molar-refractivity contribution in [3.63, 3.8) is 0 Å². The third-order valence-corrected chi connectivity index (χ3v) is 3.47. The Balaban J connectivity index is 1.90. The van der Waals surface area contributed by atoms with Gasteiger partial charge < -0.3 is 4.74 Å². The molecule has 3 heteroatoms. The van der Waals surface area contributed by atoms with E-state index in [0.29, 0.717) is 18.9 Å². The number of piperidine rings is 1. The predicted octanol–water partition coefficient (Wildman–Crippen LogP) is 2.63. The summed E-state index contributed by atoms with van der Waals surface area (Å²) in [6.07, 6.45) is 0.810. The van der Waals surface area contributed by atoms with E-state index in [1.807, 2.05) is 25.1 Å². The molecule has 0 spiro atoms. The van der Waals surface area contributed by atoms with Crippen LogP contribution in [-0.2, 0) is 16.1 Å². The van der Waals surface area contributed by atoms with E-state index in [4.69, 9.17) is 4.74 Å². The van der Waals surface area contributed by atoms with Gasteiger partial charge in [0.05, 0.1) is 24.8 Å². The largest absolute Gasteiger partial charge is 0.498 e. The molecule has 1 fully saturated rings. The maximum Gasteiger partial charge on any atom is 0.157 e. The second-order valence-electron chi connectivity index (χ2n) is 4.90. The maximum absolute atomic E-state index is 12.1. The molecule has 1 aromatic rings. The van der Waals surface area contributed by atoms with Gasteiger partial charge in [0.15, 0.2) is 5.78 Å². The molecule has 1 saturated heterocycles. The van der Waals surface area contributed by atoms with Crippen molar-refractivity contribution in [2.45, 2.75) is 19.9 Å². The van der Waals surface area contributed by atoms with Crippen molar-refractivity contribution in [3.8, 4) is 0 Å². The zero-order valence-corrected chi connectivity index (χ0v) is 11.5. The Kier molecular flexibility index (Phi) is 4.74. The van der Waals surface area contributed by atoms with Crippen LogP contribution < -0.4 is 0 Å². The summed E-state index contributed by atoms with van der Waals surface area (Å²) in [6.45, 7) is 8.60. The van der Waals surface area contributed by atoms with Crippen LogP contribution >= 0.6 is 0 Å². The lowest BCUT2D eigenvalue weighted by molar-refractivity contribution is -0.126. The van der Waals surface area contributed by atoms with Crippen LogP contribution in [0.25, 0.3) is 0 Å². The van der Waals surface area contributed by atoms with E-state index >= 15 is 0 Å². The van der Waals surface area contributed by atoms with E-state index in [9.17, 15) is 4.79 Å². The molecule has 0 bridgehead atoms. The van der Waals surface area contributed by atoms with Gasteiger partial charge in [-0.3, -0.25) is 9.69 Å². The highest BCUT2D eigenvalue weighted by atomic mass is 16.5. The van der Waals surface area contributed by atoms with Gasteiger partial charge >= 0.3 is 0 Å². The quantitative estimate of drug-likeness (QED) is 0.761. The van der Waals surface area contributed by atoms with Gasteiger partial charge in [-0.15, -0.1) is 0 Å². The van der Waals surface area contributed by atoms with Crippen LogP contribution in [0.1, 0.15) is 18.9 Å². The lowest BCUT2D eigenvalue weighted by atomic mass is 9.93. The fourth-order valence-corrected chi connectivity index (χ4v) is 2.49. The maximum atomic E-state index is 12.1. The van der Waals surface area contributed by atoms with Crippen LogP contribution in [0.2, 0.25) is 0 Å². The average Bonchev–Trinajstić information content (AvgIpc) is 2.40. The SMILES string of the molecule is C=C(OCC)C1CCN(Cc2ccccc2)CC1=O. The average molecular weight is 259 g/mol. The van der Waals surface area contributed by atoms with E-state index in [-0.39, 0.29) is 11.7 Å². The van der Waals surface area contributed by atoms with E-state index in [1.165, 1.54) is 5.56 Å². The van der Waals surface area contributed by atoms with Gasteiger partial charge in [0.1, 0.15) is 0 Å². The van der Waals surface area contributed by atoms with Crippen LogP contribution in [0.15, 0.2) is 42.7 Å². The fraction of sp³-hybridized carbons (Fsp3) is 0.438. The van der Waals surface area contributed by atoms with Crippen molar-refractivity contribution in [2.24, 2.45) is 5.92 Å². The topological polar surface area (TPSA) is 29.5 Å². The van der Waals surface area contributed by atoms with Gasteiger partial charge in [-0.1, -0.05) is 36.9 Å². The smallest absolute Gasteiger partial charge is 0.157 e. The molecule has 1 heterocycles. The second kappa shape index (κ2) is 6.53. The first-order chi connectivity index (χ1) is 9.20. The predicted molar refractivity (Wildman–Crippen MR) is 75.6 cm³/mol. The van der Waals surface area contributed by atoms with Crippen molar-refractivity contribution >= 4 is 5.78 Å². The molecule has 2 rings (SSSR count).